The second kappa shape index (κ2) is 7.95. The van der Waals surface area contributed by atoms with Crippen molar-refractivity contribution in [3.8, 4) is 28.8 Å². The largest absolute Gasteiger partial charge is 0.480 e. The Hall–Kier alpha value is -3.65. The number of carbonyl (C=O) groups is 1. The van der Waals surface area contributed by atoms with Gasteiger partial charge in [-0.05, 0) is 35.9 Å². The molecule has 0 saturated heterocycles. The van der Waals surface area contributed by atoms with E-state index in [0.717, 1.165) is 22.3 Å². The topological polar surface area (TPSA) is 61.3 Å². The molecule has 0 radical (unpaired) electrons. The Morgan fingerprint density at radius 1 is 0.962 bits per heavy atom. The third-order valence-corrected chi connectivity index (χ3v) is 3.68. The number of aromatic nitrogens is 2. The molecule has 0 spiro atoms. The summed E-state index contributed by atoms with van der Waals surface area (Å²) in [5, 5.41) is 0. The number of methoxy groups -OCH3 is 2. The number of hydrogen-bond donors (Lipinski definition) is 0. The maximum absolute atomic E-state index is 11.9. The van der Waals surface area contributed by atoms with Crippen LogP contribution in [0.15, 0.2) is 61.1 Å². The Kier molecular flexibility index (Phi) is 5.25. The average Bonchev–Trinajstić information content (AvgIpc) is 2.72. The molecule has 128 valence electrons. The van der Waals surface area contributed by atoms with E-state index in [1.165, 1.54) is 14.2 Å². The SMILES string of the molecule is COC(=O)c1cc(-c2ccc(C#Cc3cccnc3)cc2)cnc1OC. The van der Waals surface area contributed by atoms with Gasteiger partial charge >= 0.3 is 5.97 Å². The molecular weight excluding hydrogens is 328 g/mol. The normalized spacial score (nSPS) is 9.77. The van der Waals surface area contributed by atoms with Crippen molar-refractivity contribution in [2.75, 3.05) is 14.2 Å². The fraction of sp³-hybridized carbons (Fsp3) is 0.0952. The lowest BCUT2D eigenvalue weighted by molar-refractivity contribution is 0.0596. The molecule has 2 aromatic heterocycles. The molecule has 5 heteroatoms. The molecule has 0 bridgehead atoms. The van der Waals surface area contributed by atoms with Gasteiger partial charge < -0.3 is 9.47 Å². The van der Waals surface area contributed by atoms with Gasteiger partial charge in [0.25, 0.3) is 0 Å². The summed E-state index contributed by atoms with van der Waals surface area (Å²) in [6.45, 7) is 0. The van der Waals surface area contributed by atoms with Crippen LogP contribution >= 0.6 is 0 Å². The van der Waals surface area contributed by atoms with Crippen molar-refractivity contribution in [2.24, 2.45) is 0 Å². The summed E-state index contributed by atoms with van der Waals surface area (Å²) in [6, 6.07) is 13.2. The molecule has 0 amide bonds. The molecule has 2 heterocycles. The van der Waals surface area contributed by atoms with Crippen molar-refractivity contribution < 1.29 is 14.3 Å². The van der Waals surface area contributed by atoms with E-state index in [1.54, 1.807) is 24.7 Å². The standard InChI is InChI=1S/C21H16N2O3/c1-25-20-19(21(24)26-2)12-18(14-23-20)17-9-7-15(8-10-17)5-6-16-4-3-11-22-13-16/h3-4,7-14H,1-2H3. The first-order chi connectivity index (χ1) is 12.7. The van der Waals surface area contributed by atoms with Crippen LogP contribution in [0.1, 0.15) is 21.5 Å². The minimum Gasteiger partial charge on any atom is -0.480 e. The third-order valence-electron chi connectivity index (χ3n) is 3.68. The Labute approximate surface area is 151 Å². The second-order valence-electron chi connectivity index (χ2n) is 5.34. The number of hydrogen-bond acceptors (Lipinski definition) is 5. The first-order valence-corrected chi connectivity index (χ1v) is 7.86. The summed E-state index contributed by atoms with van der Waals surface area (Å²) >= 11 is 0. The van der Waals surface area contributed by atoms with Crippen molar-refractivity contribution in [3.63, 3.8) is 0 Å². The highest BCUT2D eigenvalue weighted by molar-refractivity contribution is 5.93. The molecule has 0 atom stereocenters. The molecule has 1 aromatic carbocycles. The molecule has 0 saturated carbocycles. The van der Waals surface area contributed by atoms with Crippen LogP contribution < -0.4 is 4.74 Å². The van der Waals surface area contributed by atoms with Gasteiger partial charge in [0.15, 0.2) is 0 Å². The van der Waals surface area contributed by atoms with Gasteiger partial charge in [0.05, 0.1) is 14.2 Å². The highest BCUT2D eigenvalue weighted by atomic mass is 16.5. The Morgan fingerprint density at radius 3 is 2.38 bits per heavy atom. The third kappa shape index (κ3) is 3.87. The minimum atomic E-state index is -0.491. The lowest BCUT2D eigenvalue weighted by Crippen LogP contribution is -2.05. The fourth-order valence-corrected chi connectivity index (χ4v) is 2.36. The van der Waals surface area contributed by atoms with Crippen LogP contribution in [0.4, 0.5) is 0 Å². The molecular formula is C21H16N2O3. The van der Waals surface area contributed by atoms with Crippen molar-refractivity contribution >= 4 is 5.97 Å². The maximum Gasteiger partial charge on any atom is 0.343 e. The summed E-state index contributed by atoms with van der Waals surface area (Å²) in [5.41, 5.74) is 3.73. The fourth-order valence-electron chi connectivity index (χ4n) is 2.36. The highest BCUT2D eigenvalue weighted by Gasteiger charge is 2.15. The number of nitrogens with zero attached hydrogens (tertiary/aromatic N) is 2. The van der Waals surface area contributed by atoms with Crippen molar-refractivity contribution in [1.82, 2.24) is 9.97 Å². The number of rotatable bonds is 3. The molecule has 0 unspecified atom stereocenters. The van der Waals surface area contributed by atoms with Gasteiger partial charge in [0.2, 0.25) is 5.88 Å². The van der Waals surface area contributed by atoms with E-state index in [-0.39, 0.29) is 11.4 Å². The predicted molar refractivity (Wildman–Crippen MR) is 97.8 cm³/mol. The van der Waals surface area contributed by atoms with Crippen molar-refractivity contribution in [1.29, 1.82) is 0 Å². The Morgan fingerprint density at radius 2 is 1.73 bits per heavy atom. The summed E-state index contributed by atoms with van der Waals surface area (Å²) in [4.78, 5) is 20.1. The van der Waals surface area contributed by atoms with Gasteiger partial charge in [0, 0.05) is 35.3 Å². The maximum atomic E-state index is 11.9. The smallest absolute Gasteiger partial charge is 0.343 e. The van der Waals surface area contributed by atoms with E-state index >= 15 is 0 Å². The quantitative estimate of drug-likeness (QED) is 0.539. The number of carbonyl (C=O) groups excluding carboxylic acids is 1. The summed E-state index contributed by atoms with van der Waals surface area (Å²) in [5.74, 6) is 5.91. The molecule has 0 aliphatic rings. The van der Waals surface area contributed by atoms with Crippen molar-refractivity contribution in [2.45, 2.75) is 0 Å². The lowest BCUT2D eigenvalue weighted by Gasteiger charge is -2.08. The summed E-state index contributed by atoms with van der Waals surface area (Å²) in [7, 11) is 2.79. The van der Waals surface area contributed by atoms with Gasteiger partial charge in [-0.15, -0.1) is 0 Å². The number of pyridine rings is 2. The van der Waals surface area contributed by atoms with Gasteiger partial charge in [0.1, 0.15) is 5.56 Å². The lowest BCUT2D eigenvalue weighted by atomic mass is 10.0. The van der Waals surface area contributed by atoms with E-state index in [0.29, 0.717) is 0 Å². The zero-order chi connectivity index (χ0) is 18.4. The molecule has 0 N–H and O–H groups in total. The van der Waals surface area contributed by atoms with E-state index in [1.807, 2.05) is 36.4 Å². The van der Waals surface area contributed by atoms with E-state index in [4.69, 9.17) is 9.47 Å². The second-order valence-corrected chi connectivity index (χ2v) is 5.34. The molecule has 0 aliphatic carbocycles. The number of esters is 1. The number of benzene rings is 1. The summed E-state index contributed by atoms with van der Waals surface area (Å²) < 4.78 is 9.90. The van der Waals surface area contributed by atoms with E-state index < -0.39 is 5.97 Å². The van der Waals surface area contributed by atoms with Crippen LogP contribution in [0.3, 0.4) is 0 Å². The Balaban J connectivity index is 1.87. The zero-order valence-corrected chi connectivity index (χ0v) is 14.4. The Bertz CT molecular complexity index is 972. The highest BCUT2D eigenvalue weighted by Crippen LogP contribution is 2.25. The zero-order valence-electron chi connectivity index (χ0n) is 14.4. The predicted octanol–water partition coefficient (Wildman–Crippen LogP) is 3.34. The molecule has 0 aliphatic heterocycles. The molecule has 5 nitrogen and oxygen atoms in total. The molecule has 0 fully saturated rings. The van der Waals surface area contributed by atoms with Crippen molar-refractivity contribution in [3.05, 3.63) is 77.7 Å². The van der Waals surface area contributed by atoms with Crippen LogP contribution in [0.2, 0.25) is 0 Å². The van der Waals surface area contributed by atoms with Crippen LogP contribution in [-0.4, -0.2) is 30.2 Å². The molecule has 3 aromatic rings. The van der Waals surface area contributed by atoms with E-state index in [9.17, 15) is 4.79 Å². The minimum absolute atomic E-state index is 0.236. The van der Waals surface area contributed by atoms with Gasteiger partial charge in [-0.25, -0.2) is 9.78 Å². The van der Waals surface area contributed by atoms with Crippen LogP contribution in [0.25, 0.3) is 11.1 Å². The van der Waals surface area contributed by atoms with Crippen LogP contribution in [-0.2, 0) is 4.74 Å². The van der Waals surface area contributed by atoms with Gasteiger partial charge in [-0.1, -0.05) is 24.0 Å². The molecule has 26 heavy (non-hydrogen) atoms. The summed E-state index contributed by atoms with van der Waals surface area (Å²) in [6.07, 6.45) is 5.09. The van der Waals surface area contributed by atoms with Gasteiger partial charge in [-0.2, -0.15) is 0 Å². The number of ether oxygens (including phenoxy) is 2. The van der Waals surface area contributed by atoms with Gasteiger partial charge in [-0.3, -0.25) is 4.98 Å². The average molecular weight is 344 g/mol. The van der Waals surface area contributed by atoms with E-state index in [2.05, 4.69) is 21.8 Å². The molecule has 3 rings (SSSR count). The van der Waals surface area contributed by atoms with Crippen LogP contribution in [0, 0.1) is 11.8 Å². The monoisotopic (exact) mass is 344 g/mol. The first-order valence-electron chi connectivity index (χ1n) is 7.86. The first kappa shape index (κ1) is 17.2. The van der Waals surface area contributed by atoms with Crippen LogP contribution in [0.5, 0.6) is 5.88 Å².